The van der Waals surface area contributed by atoms with Gasteiger partial charge in [-0.1, -0.05) is 47.6 Å². The van der Waals surface area contributed by atoms with Crippen LogP contribution in [0.25, 0.3) is 21.6 Å². The van der Waals surface area contributed by atoms with Crippen molar-refractivity contribution in [1.29, 1.82) is 0 Å². The molecular formula is C39H51N5O7S2. The molecule has 6 rings (SSSR count). The fourth-order valence-corrected chi connectivity index (χ4v) is 9.61. The van der Waals surface area contributed by atoms with Gasteiger partial charge < -0.3 is 20.1 Å². The summed E-state index contributed by atoms with van der Waals surface area (Å²) in [4.78, 5) is 53.6. The molecule has 0 unspecified atom stereocenters. The number of nitrogens with one attached hydrogen (secondary N) is 1. The van der Waals surface area contributed by atoms with E-state index >= 15 is 0 Å². The van der Waals surface area contributed by atoms with Gasteiger partial charge in [0.1, 0.15) is 28.3 Å². The molecule has 2 amide bonds. The Morgan fingerprint density at radius 3 is 2.45 bits per heavy atom. The Morgan fingerprint density at radius 1 is 1.19 bits per heavy atom. The molecule has 2 saturated carbocycles. The number of amides is 2. The number of nitrogens with two attached hydrogens (primary N) is 1. The van der Waals surface area contributed by atoms with Crippen molar-refractivity contribution in [3.63, 3.8) is 0 Å². The number of nitrogens with zero attached hydrogens (tertiary/aromatic N) is 3. The number of hydrogen-bond donors (Lipinski definition) is 2. The second-order valence-corrected chi connectivity index (χ2v) is 19.2. The molecular weight excluding hydrogens is 715 g/mol. The monoisotopic (exact) mass is 765 g/mol. The zero-order valence-electron chi connectivity index (χ0n) is 31.8. The Morgan fingerprint density at radius 2 is 1.89 bits per heavy atom. The third-order valence-corrected chi connectivity index (χ3v) is 13.8. The number of pyridine rings is 1. The number of benzene rings is 1. The van der Waals surface area contributed by atoms with E-state index < -0.39 is 62.0 Å². The molecule has 53 heavy (non-hydrogen) atoms. The van der Waals surface area contributed by atoms with Crippen LogP contribution in [-0.2, 0) is 24.4 Å². The number of Topliss-reactive ketones (excluding diaryl/α,β-unsaturated/α-hetero) is 1. The first kappa shape index (κ1) is 38.8. The third kappa shape index (κ3) is 7.34. The first-order valence-electron chi connectivity index (χ1n) is 18.2. The fraction of sp³-hybridized carbons (Fsp3) is 0.564. The van der Waals surface area contributed by atoms with Crippen molar-refractivity contribution in [3.8, 4) is 22.2 Å². The summed E-state index contributed by atoms with van der Waals surface area (Å²) in [5.41, 5.74) is 7.74. The van der Waals surface area contributed by atoms with Crippen LogP contribution in [0.5, 0.6) is 11.5 Å². The van der Waals surface area contributed by atoms with Gasteiger partial charge in [-0.3, -0.25) is 19.1 Å². The highest BCUT2D eigenvalue weighted by atomic mass is 32.2. The minimum atomic E-state index is -3.84. The summed E-state index contributed by atoms with van der Waals surface area (Å²) in [5.74, 6) is -0.929. The lowest BCUT2D eigenvalue weighted by molar-refractivity contribution is -0.142. The van der Waals surface area contributed by atoms with Gasteiger partial charge in [0.05, 0.1) is 47.6 Å². The van der Waals surface area contributed by atoms with Crippen LogP contribution in [0, 0.1) is 29.6 Å². The van der Waals surface area contributed by atoms with E-state index in [9.17, 15) is 22.8 Å². The Kier molecular flexibility index (Phi) is 10.3. The number of ketones is 1. The molecule has 3 N–H and O–H groups in total. The second-order valence-electron chi connectivity index (χ2n) is 16.3. The Balaban J connectivity index is 1.36. The number of aryl methyl sites for hydroxylation is 1. The zero-order chi connectivity index (χ0) is 38.8. The number of ether oxygens (including phenoxy) is 2. The summed E-state index contributed by atoms with van der Waals surface area (Å²) in [6.45, 7) is 17.5. The van der Waals surface area contributed by atoms with E-state index in [1.165, 1.54) is 16.2 Å². The number of thiazole rings is 1. The van der Waals surface area contributed by atoms with Crippen molar-refractivity contribution in [2.45, 2.75) is 104 Å². The minimum absolute atomic E-state index is 0.0728. The molecule has 12 nitrogen and oxygen atoms in total. The summed E-state index contributed by atoms with van der Waals surface area (Å²) >= 11 is 1.50. The topological polar surface area (TPSA) is 171 Å². The lowest BCUT2D eigenvalue weighted by Crippen LogP contribution is -2.54. The highest BCUT2D eigenvalue weighted by Crippen LogP contribution is 2.57. The molecule has 2 aromatic heterocycles. The van der Waals surface area contributed by atoms with Gasteiger partial charge in [-0.15, -0.1) is 17.9 Å². The largest absolute Gasteiger partial charge is 0.496 e. The molecule has 286 valence electrons. The predicted octanol–water partition coefficient (Wildman–Crippen LogP) is 5.53. The average Bonchev–Trinajstić information content (AvgIpc) is 3.99. The lowest BCUT2D eigenvalue weighted by atomic mass is 9.85. The molecule has 1 aromatic carbocycles. The number of aromatic nitrogens is 2. The number of methoxy groups -OCH3 is 1. The number of carbonyl (C=O) groups excluding carboxylic acids is 3. The van der Waals surface area contributed by atoms with Crippen molar-refractivity contribution < 1.29 is 32.3 Å². The molecule has 1 aliphatic heterocycles. The van der Waals surface area contributed by atoms with Crippen molar-refractivity contribution in [3.05, 3.63) is 47.5 Å². The maximum absolute atomic E-state index is 14.5. The van der Waals surface area contributed by atoms with E-state index in [0.29, 0.717) is 35.6 Å². The second kappa shape index (κ2) is 14.1. The van der Waals surface area contributed by atoms with Gasteiger partial charge in [0.25, 0.3) is 0 Å². The Labute approximate surface area is 316 Å². The fourth-order valence-electron chi connectivity index (χ4n) is 7.28. The molecule has 3 aliphatic rings. The first-order valence-corrected chi connectivity index (χ1v) is 20.6. The van der Waals surface area contributed by atoms with E-state index in [0.717, 1.165) is 21.7 Å². The van der Waals surface area contributed by atoms with Gasteiger partial charge in [-0.2, -0.15) is 0 Å². The van der Waals surface area contributed by atoms with Gasteiger partial charge in [-0.25, -0.2) is 18.4 Å². The van der Waals surface area contributed by atoms with Crippen LogP contribution in [0.1, 0.15) is 84.4 Å². The summed E-state index contributed by atoms with van der Waals surface area (Å²) in [6, 6.07) is 3.70. The SMILES string of the molecule is C=C[C@@H]1C[C@]1(CC(=O)[C@@H]1[C@H](C)[C@@H](Oc2cc(-c3nc(C(C)C)cs3)nc3c(C)c(OC)ccc23)CN1C(=O)[C@@H](N)C(C)(C)C)C(=O)NS(=O)(=O)C1CC1. The molecule has 0 spiro atoms. The van der Waals surface area contributed by atoms with Crippen molar-refractivity contribution >= 4 is 49.9 Å². The summed E-state index contributed by atoms with van der Waals surface area (Å²) < 4.78 is 40.2. The first-order chi connectivity index (χ1) is 24.8. The molecule has 14 heteroatoms. The molecule has 2 aliphatic carbocycles. The minimum Gasteiger partial charge on any atom is -0.496 e. The van der Waals surface area contributed by atoms with Gasteiger partial charge in [-0.05, 0) is 55.6 Å². The number of likely N-dealkylation sites (tertiary alicyclic amines) is 1. The smallest absolute Gasteiger partial charge is 0.240 e. The number of allylic oxidation sites excluding steroid dienone is 1. The van der Waals surface area contributed by atoms with Gasteiger partial charge >= 0.3 is 0 Å². The molecule has 0 bridgehead atoms. The van der Waals surface area contributed by atoms with Gasteiger partial charge in [0.2, 0.25) is 21.8 Å². The van der Waals surface area contributed by atoms with E-state index in [1.807, 2.05) is 58.2 Å². The summed E-state index contributed by atoms with van der Waals surface area (Å²) in [5, 5.41) is 2.89. The molecule has 6 atom stereocenters. The zero-order valence-corrected chi connectivity index (χ0v) is 33.4. The van der Waals surface area contributed by atoms with E-state index in [2.05, 4.69) is 25.1 Å². The van der Waals surface area contributed by atoms with Crippen molar-refractivity contribution in [1.82, 2.24) is 19.6 Å². The molecule has 0 radical (unpaired) electrons. The Bertz CT molecular complexity index is 2070. The van der Waals surface area contributed by atoms with Crippen LogP contribution in [0.2, 0.25) is 0 Å². The molecule has 3 heterocycles. The summed E-state index contributed by atoms with van der Waals surface area (Å²) in [6.07, 6.45) is 1.97. The van der Waals surface area contributed by atoms with Crippen LogP contribution < -0.4 is 19.9 Å². The van der Waals surface area contributed by atoms with Crippen molar-refractivity contribution in [2.24, 2.45) is 28.4 Å². The van der Waals surface area contributed by atoms with E-state index in [4.69, 9.17) is 25.2 Å². The van der Waals surface area contributed by atoms with Gasteiger partial charge in [0, 0.05) is 34.7 Å². The van der Waals surface area contributed by atoms with Crippen LogP contribution >= 0.6 is 11.3 Å². The van der Waals surface area contributed by atoms with Crippen LogP contribution in [0.15, 0.2) is 36.2 Å². The number of rotatable bonds is 13. The average molecular weight is 766 g/mol. The molecule has 3 aromatic rings. The summed E-state index contributed by atoms with van der Waals surface area (Å²) in [7, 11) is -2.23. The van der Waals surface area contributed by atoms with E-state index in [1.54, 1.807) is 13.2 Å². The maximum Gasteiger partial charge on any atom is 0.240 e. The lowest BCUT2D eigenvalue weighted by Gasteiger charge is -2.33. The number of carbonyl (C=O) groups is 3. The quantitative estimate of drug-likeness (QED) is 0.211. The maximum atomic E-state index is 14.5. The number of sulfonamides is 1. The van der Waals surface area contributed by atoms with Gasteiger partial charge in [0.15, 0.2) is 5.78 Å². The third-order valence-electron chi connectivity index (χ3n) is 11.1. The van der Waals surface area contributed by atoms with Crippen LogP contribution in [0.4, 0.5) is 0 Å². The standard InChI is InChI=1S/C39H51N5O7S2/c1-10-23-16-39(23,37(47)43-53(48,49)24-11-12-24)17-28(45)33-22(5)31(18-44(33)36(46)34(40)38(6,7)8)51-30-15-26(35-42-27(19-52-35)20(2)3)41-32-21(4)29(50-9)14-13-25(30)32/h10,13-15,19-20,22-24,31,33-34H,1,11-12,16-18,40H2,2-9H3,(H,43,47)/t22-,23-,31+,33+,34-,39-/m1/s1. The molecule has 1 saturated heterocycles. The van der Waals surface area contributed by atoms with Crippen LogP contribution in [0.3, 0.4) is 0 Å². The normalized spacial score (nSPS) is 25.0. The molecule has 3 fully saturated rings. The highest BCUT2D eigenvalue weighted by molar-refractivity contribution is 7.90. The highest BCUT2D eigenvalue weighted by Gasteiger charge is 2.62. The number of hydrogen-bond acceptors (Lipinski definition) is 11. The van der Waals surface area contributed by atoms with Crippen molar-refractivity contribution in [2.75, 3.05) is 13.7 Å². The Hall–Kier alpha value is -3.88. The number of fused-ring (bicyclic) bond motifs is 1. The van der Waals surface area contributed by atoms with Crippen LogP contribution in [-0.4, -0.2) is 78.0 Å². The van der Waals surface area contributed by atoms with E-state index in [-0.39, 0.29) is 37.0 Å². The predicted molar refractivity (Wildman–Crippen MR) is 205 cm³/mol.